The van der Waals surface area contributed by atoms with Crippen molar-refractivity contribution in [3.05, 3.63) is 72.3 Å². The molecule has 3 aromatic carbocycles. The minimum atomic E-state index is 0.120. The largest absolute Gasteiger partial charge is 0.506 e. The number of phenolic OH excluding ortho intramolecular Hbond substituents is 1. The molecule has 4 rings (SSSR count). The third-order valence-corrected chi connectivity index (χ3v) is 4.99. The highest BCUT2D eigenvalue weighted by atomic mass is 16.6. The molecule has 8 nitrogen and oxygen atoms in total. The number of fused-ring (bicyclic) bond motifs is 2. The molecular formula is C27H29NO7. The quantitative estimate of drug-likeness (QED) is 0.545. The number of aliphatic imine (C=N–C) groups is 1. The molecule has 1 aliphatic heterocycles. The van der Waals surface area contributed by atoms with Gasteiger partial charge in [0, 0.05) is 6.21 Å². The third kappa shape index (κ3) is 7.63. The van der Waals surface area contributed by atoms with Crippen LogP contribution in [0.1, 0.15) is 5.56 Å². The zero-order chi connectivity index (χ0) is 24.1. The molecule has 0 unspecified atom stereocenters. The van der Waals surface area contributed by atoms with Gasteiger partial charge in [-0.05, 0) is 48.0 Å². The van der Waals surface area contributed by atoms with Gasteiger partial charge in [0.05, 0.1) is 26.4 Å². The van der Waals surface area contributed by atoms with Crippen LogP contribution in [0, 0.1) is 0 Å². The van der Waals surface area contributed by atoms with E-state index in [4.69, 9.17) is 28.4 Å². The molecule has 0 bridgehead atoms. The standard InChI is InChI=1S/C27H29NO7/c29-23-6-2-1-5-22(23)28-20-21-9-10-26-27(19-21)35-18-14-31-12-16-33-25-8-4-3-7-24(25)32-15-11-30-13-17-34-26/h1-10,19-20,29H,11-18H2. The molecular weight excluding hydrogens is 450 g/mol. The lowest BCUT2D eigenvalue weighted by Crippen LogP contribution is -2.15. The van der Waals surface area contributed by atoms with Crippen LogP contribution >= 0.6 is 0 Å². The first-order valence-corrected chi connectivity index (χ1v) is 11.5. The van der Waals surface area contributed by atoms with Gasteiger partial charge in [-0.15, -0.1) is 0 Å². The van der Waals surface area contributed by atoms with Gasteiger partial charge in [0.1, 0.15) is 37.9 Å². The number of ether oxygens (including phenoxy) is 6. The Kier molecular flexibility index (Phi) is 9.21. The zero-order valence-electron chi connectivity index (χ0n) is 19.4. The van der Waals surface area contributed by atoms with Crippen molar-refractivity contribution in [2.24, 2.45) is 4.99 Å². The van der Waals surface area contributed by atoms with Gasteiger partial charge in [-0.2, -0.15) is 0 Å². The summed E-state index contributed by atoms with van der Waals surface area (Å²) in [5.41, 5.74) is 1.29. The van der Waals surface area contributed by atoms with Gasteiger partial charge in [0.2, 0.25) is 0 Å². The molecule has 0 aromatic heterocycles. The minimum Gasteiger partial charge on any atom is -0.506 e. The average molecular weight is 480 g/mol. The number of nitrogens with zero attached hydrogens (tertiary/aromatic N) is 1. The number of aromatic hydroxyl groups is 1. The first-order valence-electron chi connectivity index (χ1n) is 11.5. The second-order valence-corrected chi connectivity index (χ2v) is 7.52. The van der Waals surface area contributed by atoms with Crippen LogP contribution in [0.5, 0.6) is 28.7 Å². The number of phenols is 1. The van der Waals surface area contributed by atoms with Gasteiger partial charge >= 0.3 is 0 Å². The maximum Gasteiger partial charge on any atom is 0.161 e. The monoisotopic (exact) mass is 479 g/mol. The van der Waals surface area contributed by atoms with E-state index in [9.17, 15) is 5.11 Å². The molecule has 0 saturated carbocycles. The van der Waals surface area contributed by atoms with E-state index < -0.39 is 0 Å². The highest BCUT2D eigenvalue weighted by Gasteiger charge is 2.09. The Bertz CT molecular complexity index is 1100. The van der Waals surface area contributed by atoms with Gasteiger partial charge in [-0.1, -0.05) is 24.3 Å². The molecule has 0 aliphatic carbocycles. The van der Waals surface area contributed by atoms with Crippen molar-refractivity contribution in [1.29, 1.82) is 0 Å². The maximum atomic E-state index is 9.92. The van der Waals surface area contributed by atoms with Crippen LogP contribution in [0.4, 0.5) is 5.69 Å². The zero-order valence-corrected chi connectivity index (χ0v) is 19.4. The second kappa shape index (κ2) is 13.2. The normalized spacial score (nSPS) is 15.8. The van der Waals surface area contributed by atoms with Crippen LogP contribution in [-0.4, -0.2) is 64.2 Å². The molecule has 0 amide bonds. The summed E-state index contributed by atoms with van der Waals surface area (Å²) in [7, 11) is 0. The van der Waals surface area contributed by atoms with E-state index in [0.717, 1.165) is 5.56 Å². The second-order valence-electron chi connectivity index (χ2n) is 7.52. The van der Waals surface area contributed by atoms with Crippen molar-refractivity contribution in [2.75, 3.05) is 52.9 Å². The van der Waals surface area contributed by atoms with Crippen LogP contribution in [0.3, 0.4) is 0 Å². The summed E-state index contributed by atoms with van der Waals surface area (Å²) in [6.45, 7) is 3.12. The molecule has 0 saturated heterocycles. The molecule has 3 aromatic rings. The molecule has 8 heteroatoms. The number of hydrogen-bond donors (Lipinski definition) is 1. The predicted molar refractivity (Wildman–Crippen MR) is 132 cm³/mol. The summed E-state index contributed by atoms with van der Waals surface area (Å²) in [5.74, 6) is 2.64. The third-order valence-electron chi connectivity index (χ3n) is 4.99. The van der Waals surface area contributed by atoms with Crippen molar-refractivity contribution in [3.8, 4) is 28.7 Å². The highest BCUT2D eigenvalue weighted by Crippen LogP contribution is 2.30. The minimum absolute atomic E-state index is 0.120. The van der Waals surface area contributed by atoms with Crippen molar-refractivity contribution in [2.45, 2.75) is 0 Å². The molecule has 0 fully saturated rings. The smallest absolute Gasteiger partial charge is 0.161 e. The number of benzene rings is 3. The molecule has 0 atom stereocenters. The first kappa shape index (κ1) is 24.4. The van der Waals surface area contributed by atoms with Crippen molar-refractivity contribution < 1.29 is 33.5 Å². The fourth-order valence-corrected chi connectivity index (χ4v) is 3.29. The van der Waals surface area contributed by atoms with E-state index in [1.165, 1.54) is 0 Å². The van der Waals surface area contributed by atoms with E-state index >= 15 is 0 Å². The Hall–Kier alpha value is -3.75. The topological polar surface area (TPSA) is 88.0 Å². The Balaban J connectivity index is 1.39. The van der Waals surface area contributed by atoms with Crippen molar-refractivity contribution >= 4 is 11.9 Å². The van der Waals surface area contributed by atoms with Gasteiger partial charge in [-0.3, -0.25) is 4.99 Å². The van der Waals surface area contributed by atoms with Gasteiger partial charge < -0.3 is 33.5 Å². The molecule has 1 N–H and O–H groups in total. The summed E-state index contributed by atoms with van der Waals surface area (Å²) >= 11 is 0. The first-order chi connectivity index (χ1) is 17.3. The van der Waals surface area contributed by atoms with Gasteiger partial charge in [0.25, 0.3) is 0 Å². The lowest BCUT2D eigenvalue weighted by Gasteiger charge is -2.15. The average Bonchev–Trinajstić information content (AvgIpc) is 2.88. The summed E-state index contributed by atoms with van der Waals surface area (Å²) in [6, 6.07) is 20.0. The summed E-state index contributed by atoms with van der Waals surface area (Å²) < 4.78 is 34.7. The van der Waals surface area contributed by atoms with Crippen LogP contribution < -0.4 is 18.9 Å². The number of para-hydroxylation sites is 4. The summed E-state index contributed by atoms with van der Waals surface area (Å²) in [6.07, 6.45) is 1.67. The molecule has 1 heterocycles. The van der Waals surface area contributed by atoms with E-state index in [0.29, 0.717) is 81.5 Å². The van der Waals surface area contributed by atoms with Crippen LogP contribution in [-0.2, 0) is 9.47 Å². The van der Waals surface area contributed by atoms with E-state index in [2.05, 4.69) is 4.99 Å². The SMILES string of the molecule is Oc1ccccc1N=Cc1ccc2c(c1)OCCOCCOc1ccccc1OCCOCCO2. The van der Waals surface area contributed by atoms with Gasteiger partial charge in [-0.25, -0.2) is 0 Å². The Morgan fingerprint density at radius 3 is 1.69 bits per heavy atom. The van der Waals surface area contributed by atoms with Crippen LogP contribution in [0.15, 0.2) is 71.7 Å². The van der Waals surface area contributed by atoms with Crippen molar-refractivity contribution in [3.63, 3.8) is 0 Å². The predicted octanol–water partition coefficient (Wildman–Crippen LogP) is 4.41. The Morgan fingerprint density at radius 2 is 1.09 bits per heavy atom. The highest BCUT2D eigenvalue weighted by molar-refractivity contribution is 5.83. The summed E-state index contributed by atoms with van der Waals surface area (Å²) in [5, 5.41) is 9.92. The Morgan fingerprint density at radius 1 is 0.571 bits per heavy atom. The maximum absolute atomic E-state index is 9.92. The van der Waals surface area contributed by atoms with Crippen LogP contribution in [0.25, 0.3) is 0 Å². The van der Waals surface area contributed by atoms with E-state index in [1.807, 2.05) is 48.5 Å². The molecule has 35 heavy (non-hydrogen) atoms. The number of rotatable bonds is 2. The summed E-state index contributed by atoms with van der Waals surface area (Å²) in [4.78, 5) is 4.36. The van der Waals surface area contributed by atoms with Crippen LogP contribution in [0.2, 0.25) is 0 Å². The fraction of sp³-hybridized carbons (Fsp3) is 0.296. The van der Waals surface area contributed by atoms with E-state index in [-0.39, 0.29) is 5.75 Å². The lowest BCUT2D eigenvalue weighted by atomic mass is 10.2. The molecule has 0 spiro atoms. The number of hydrogen-bond acceptors (Lipinski definition) is 8. The lowest BCUT2D eigenvalue weighted by molar-refractivity contribution is 0.0640. The van der Waals surface area contributed by atoms with E-state index in [1.54, 1.807) is 24.4 Å². The molecule has 0 radical (unpaired) electrons. The fourth-order valence-electron chi connectivity index (χ4n) is 3.29. The van der Waals surface area contributed by atoms with Gasteiger partial charge in [0.15, 0.2) is 23.0 Å². The Labute approximate surface area is 204 Å². The molecule has 184 valence electrons. The van der Waals surface area contributed by atoms with Crippen molar-refractivity contribution in [1.82, 2.24) is 0 Å². The molecule has 1 aliphatic rings.